The number of piperazine rings is 1. The fourth-order valence-corrected chi connectivity index (χ4v) is 3.64. The summed E-state index contributed by atoms with van der Waals surface area (Å²) in [6.07, 6.45) is 0.762. The van der Waals surface area contributed by atoms with Crippen LogP contribution in [0, 0.1) is 13.8 Å². The molecule has 2 aromatic rings. The van der Waals surface area contributed by atoms with Gasteiger partial charge in [0.05, 0.1) is 7.11 Å². The van der Waals surface area contributed by atoms with E-state index in [0.29, 0.717) is 6.54 Å². The van der Waals surface area contributed by atoms with Crippen molar-refractivity contribution in [2.24, 2.45) is 0 Å². The molecule has 27 heavy (non-hydrogen) atoms. The van der Waals surface area contributed by atoms with Gasteiger partial charge in [0, 0.05) is 38.4 Å². The van der Waals surface area contributed by atoms with E-state index in [9.17, 15) is 4.79 Å². The number of benzene rings is 2. The summed E-state index contributed by atoms with van der Waals surface area (Å²) in [6.45, 7) is 8.09. The molecule has 0 aliphatic carbocycles. The van der Waals surface area contributed by atoms with Gasteiger partial charge in [-0.1, -0.05) is 35.9 Å². The highest BCUT2D eigenvalue weighted by molar-refractivity contribution is 5.74. The molecule has 0 spiro atoms. The van der Waals surface area contributed by atoms with Gasteiger partial charge in [0.15, 0.2) is 0 Å². The molecule has 5 nitrogen and oxygen atoms in total. The summed E-state index contributed by atoms with van der Waals surface area (Å²) in [4.78, 5) is 16.7. The van der Waals surface area contributed by atoms with Gasteiger partial charge in [-0.2, -0.15) is 0 Å². The molecule has 0 radical (unpaired) electrons. The minimum absolute atomic E-state index is 0.0187. The Bertz CT molecular complexity index is 783. The molecule has 0 bridgehead atoms. The number of para-hydroxylation sites is 1. The van der Waals surface area contributed by atoms with Gasteiger partial charge in [-0.3, -0.25) is 0 Å². The first-order chi connectivity index (χ1) is 13.1. The Labute approximate surface area is 161 Å². The van der Waals surface area contributed by atoms with Crippen molar-refractivity contribution in [2.45, 2.75) is 20.3 Å². The van der Waals surface area contributed by atoms with Gasteiger partial charge < -0.3 is 19.9 Å². The summed E-state index contributed by atoms with van der Waals surface area (Å²) in [7, 11) is 1.67. The summed E-state index contributed by atoms with van der Waals surface area (Å²) in [5, 5.41) is 3.04. The molecule has 1 aliphatic rings. The van der Waals surface area contributed by atoms with Gasteiger partial charge >= 0.3 is 6.03 Å². The lowest BCUT2D eigenvalue weighted by Gasteiger charge is -2.36. The Balaban J connectivity index is 1.47. The topological polar surface area (TPSA) is 44.8 Å². The molecule has 144 valence electrons. The highest BCUT2D eigenvalue weighted by Gasteiger charge is 2.21. The predicted octanol–water partition coefficient (Wildman–Crippen LogP) is 3.39. The summed E-state index contributed by atoms with van der Waals surface area (Å²) in [6, 6.07) is 14.5. The van der Waals surface area contributed by atoms with Gasteiger partial charge in [0.25, 0.3) is 0 Å². The second-order valence-electron chi connectivity index (χ2n) is 7.06. The van der Waals surface area contributed by atoms with Crippen LogP contribution in [0.15, 0.2) is 42.5 Å². The number of aryl methyl sites for hydroxylation is 2. The zero-order valence-corrected chi connectivity index (χ0v) is 16.5. The molecule has 5 heteroatoms. The van der Waals surface area contributed by atoms with Crippen LogP contribution >= 0.6 is 0 Å². The van der Waals surface area contributed by atoms with Crippen molar-refractivity contribution in [3.63, 3.8) is 0 Å². The molecule has 1 aliphatic heterocycles. The molecule has 2 amide bonds. The number of ether oxygens (including phenoxy) is 1. The normalized spacial score (nSPS) is 14.2. The molecule has 3 rings (SSSR count). The van der Waals surface area contributed by atoms with Gasteiger partial charge in [-0.15, -0.1) is 0 Å². The Morgan fingerprint density at radius 3 is 2.52 bits per heavy atom. The highest BCUT2D eigenvalue weighted by atomic mass is 16.5. The van der Waals surface area contributed by atoms with Crippen molar-refractivity contribution in [1.82, 2.24) is 10.2 Å². The predicted molar refractivity (Wildman–Crippen MR) is 110 cm³/mol. The van der Waals surface area contributed by atoms with E-state index in [1.165, 1.54) is 16.8 Å². The Kier molecular flexibility index (Phi) is 6.22. The fourth-order valence-electron chi connectivity index (χ4n) is 3.64. The third-order valence-electron chi connectivity index (χ3n) is 5.12. The monoisotopic (exact) mass is 367 g/mol. The number of urea groups is 1. The number of rotatable bonds is 5. The molecule has 1 fully saturated rings. The maximum atomic E-state index is 12.5. The van der Waals surface area contributed by atoms with E-state index in [0.717, 1.165) is 43.9 Å². The third kappa shape index (κ3) is 4.73. The molecule has 1 saturated heterocycles. The molecule has 1 heterocycles. The van der Waals surface area contributed by atoms with Crippen LogP contribution in [0.5, 0.6) is 5.75 Å². The fraction of sp³-hybridized carbons (Fsp3) is 0.409. The van der Waals surface area contributed by atoms with Gasteiger partial charge in [0.2, 0.25) is 0 Å². The van der Waals surface area contributed by atoms with Crippen LogP contribution < -0.4 is 15.0 Å². The van der Waals surface area contributed by atoms with E-state index in [1.807, 2.05) is 29.2 Å². The molecular weight excluding hydrogens is 338 g/mol. The molecular formula is C22H29N3O2. The van der Waals surface area contributed by atoms with Crippen LogP contribution in [0.2, 0.25) is 0 Å². The number of carbonyl (C=O) groups excluding carboxylic acids is 1. The first-order valence-electron chi connectivity index (χ1n) is 9.55. The Morgan fingerprint density at radius 2 is 1.81 bits per heavy atom. The van der Waals surface area contributed by atoms with Crippen molar-refractivity contribution in [3.05, 3.63) is 59.2 Å². The van der Waals surface area contributed by atoms with Crippen LogP contribution in [0.25, 0.3) is 0 Å². The number of anilines is 1. The second-order valence-corrected chi connectivity index (χ2v) is 7.06. The molecule has 0 saturated carbocycles. The summed E-state index contributed by atoms with van der Waals surface area (Å²) in [5.74, 6) is 0.869. The van der Waals surface area contributed by atoms with Gasteiger partial charge in [-0.25, -0.2) is 4.79 Å². The highest BCUT2D eigenvalue weighted by Crippen LogP contribution is 2.22. The third-order valence-corrected chi connectivity index (χ3v) is 5.12. The summed E-state index contributed by atoms with van der Waals surface area (Å²) >= 11 is 0. The lowest BCUT2D eigenvalue weighted by molar-refractivity contribution is 0.194. The van der Waals surface area contributed by atoms with E-state index >= 15 is 0 Å². The van der Waals surface area contributed by atoms with Crippen molar-refractivity contribution in [1.29, 1.82) is 0 Å². The average molecular weight is 367 g/mol. The van der Waals surface area contributed by atoms with Crippen molar-refractivity contribution < 1.29 is 9.53 Å². The van der Waals surface area contributed by atoms with Gasteiger partial charge in [-0.05, 0) is 43.5 Å². The maximum absolute atomic E-state index is 12.5. The lowest BCUT2D eigenvalue weighted by Crippen LogP contribution is -2.52. The van der Waals surface area contributed by atoms with Crippen molar-refractivity contribution >= 4 is 11.7 Å². The van der Waals surface area contributed by atoms with E-state index in [1.54, 1.807) is 7.11 Å². The largest absolute Gasteiger partial charge is 0.496 e. The van der Waals surface area contributed by atoms with Crippen LogP contribution in [0.1, 0.15) is 16.7 Å². The zero-order valence-electron chi connectivity index (χ0n) is 16.5. The average Bonchev–Trinajstić information content (AvgIpc) is 2.68. The van der Waals surface area contributed by atoms with Crippen LogP contribution in [0.4, 0.5) is 10.5 Å². The number of nitrogens with zero attached hydrogens (tertiary/aromatic N) is 2. The van der Waals surface area contributed by atoms with E-state index in [2.05, 4.69) is 42.3 Å². The number of methoxy groups -OCH3 is 1. The minimum Gasteiger partial charge on any atom is -0.496 e. The number of hydrogen-bond donors (Lipinski definition) is 1. The zero-order chi connectivity index (χ0) is 19.2. The van der Waals surface area contributed by atoms with Crippen molar-refractivity contribution in [2.75, 3.05) is 44.7 Å². The molecule has 1 N–H and O–H groups in total. The molecule has 2 aromatic carbocycles. The SMILES string of the molecule is COc1ccccc1CCNC(=O)N1CCN(c2ccc(C)cc2C)CC1. The first kappa shape index (κ1) is 19.1. The van der Waals surface area contributed by atoms with E-state index < -0.39 is 0 Å². The van der Waals surface area contributed by atoms with E-state index in [-0.39, 0.29) is 6.03 Å². The second kappa shape index (κ2) is 8.80. The number of amides is 2. The summed E-state index contributed by atoms with van der Waals surface area (Å²) in [5.41, 5.74) is 4.96. The van der Waals surface area contributed by atoms with E-state index in [4.69, 9.17) is 4.74 Å². The number of carbonyl (C=O) groups is 1. The maximum Gasteiger partial charge on any atom is 0.317 e. The van der Waals surface area contributed by atoms with Crippen LogP contribution in [-0.4, -0.2) is 50.8 Å². The summed E-state index contributed by atoms with van der Waals surface area (Å²) < 4.78 is 5.36. The number of hydrogen-bond acceptors (Lipinski definition) is 3. The molecule has 0 unspecified atom stereocenters. The minimum atomic E-state index is 0.0187. The van der Waals surface area contributed by atoms with Gasteiger partial charge in [0.1, 0.15) is 5.75 Å². The Morgan fingerprint density at radius 1 is 1.07 bits per heavy atom. The number of nitrogens with one attached hydrogen (secondary N) is 1. The van der Waals surface area contributed by atoms with Crippen molar-refractivity contribution in [3.8, 4) is 5.75 Å². The Hall–Kier alpha value is -2.69. The van der Waals surface area contributed by atoms with Crippen LogP contribution in [0.3, 0.4) is 0 Å². The quantitative estimate of drug-likeness (QED) is 0.881. The standard InChI is InChI=1S/C22H29N3O2/c1-17-8-9-20(18(2)16-17)24-12-14-25(15-13-24)22(26)23-11-10-19-6-4-5-7-21(19)27-3/h4-9,16H,10-15H2,1-3H3,(H,23,26). The molecule has 0 aromatic heterocycles. The smallest absolute Gasteiger partial charge is 0.317 e. The lowest BCUT2D eigenvalue weighted by atomic mass is 10.1. The van der Waals surface area contributed by atoms with Crippen LogP contribution in [-0.2, 0) is 6.42 Å². The molecule has 0 atom stereocenters. The first-order valence-corrected chi connectivity index (χ1v) is 9.55.